The van der Waals surface area contributed by atoms with E-state index in [1.807, 2.05) is 11.8 Å². The number of amides is 3. The third kappa shape index (κ3) is 4.01. The van der Waals surface area contributed by atoms with Crippen molar-refractivity contribution in [3.8, 4) is 0 Å². The average Bonchev–Trinajstić information content (AvgIpc) is 2.92. The molecule has 2 aliphatic rings. The van der Waals surface area contributed by atoms with E-state index in [4.69, 9.17) is 5.73 Å². The topological polar surface area (TPSA) is 96.2 Å². The third-order valence-electron chi connectivity index (χ3n) is 3.55. The van der Waals surface area contributed by atoms with Gasteiger partial charge in [-0.15, -0.1) is 0 Å². The van der Waals surface area contributed by atoms with Gasteiger partial charge in [0.2, 0.25) is 5.91 Å². The third-order valence-corrected chi connectivity index (χ3v) is 5.06. The second-order valence-electron chi connectivity index (χ2n) is 5.01. The Hall–Kier alpha value is -0.950. The number of carbonyl (C=O) groups excluding carboxylic acids is 2. The van der Waals surface area contributed by atoms with Crippen molar-refractivity contribution in [1.82, 2.24) is 16.0 Å². The number of thioether (sulfide) groups is 1. The number of hydrogen-bond donors (Lipinski definition) is 4. The van der Waals surface area contributed by atoms with E-state index in [9.17, 15) is 9.59 Å². The van der Waals surface area contributed by atoms with Gasteiger partial charge >= 0.3 is 6.03 Å². The monoisotopic (exact) mass is 286 g/mol. The number of fused-ring (bicyclic) bond motifs is 1. The van der Waals surface area contributed by atoms with Gasteiger partial charge in [0.25, 0.3) is 0 Å². The molecule has 108 valence electrons. The zero-order chi connectivity index (χ0) is 13.7. The number of rotatable bonds is 7. The molecule has 0 aromatic rings. The predicted octanol–water partition coefficient (Wildman–Crippen LogP) is -0.213. The molecule has 2 saturated heterocycles. The molecule has 0 saturated carbocycles. The van der Waals surface area contributed by atoms with Gasteiger partial charge in [-0.25, -0.2) is 4.79 Å². The fourth-order valence-electron chi connectivity index (χ4n) is 2.57. The van der Waals surface area contributed by atoms with E-state index in [0.717, 1.165) is 25.0 Å². The highest BCUT2D eigenvalue weighted by molar-refractivity contribution is 8.00. The molecule has 0 aliphatic carbocycles. The van der Waals surface area contributed by atoms with Crippen LogP contribution in [0.5, 0.6) is 0 Å². The summed E-state index contributed by atoms with van der Waals surface area (Å²) in [5, 5.41) is 9.16. The standard InChI is InChI=1S/C12H22N4O2S/c13-5-6-14-10(17)4-2-1-3-9-11-8(7-19-9)15-12(18)16-11/h8-9,11H,1-7,13H2,(H,14,17)(H2,15,16,18)/t8?,9-,11?/m0/s1. The van der Waals surface area contributed by atoms with Crippen LogP contribution in [0.25, 0.3) is 0 Å². The smallest absolute Gasteiger partial charge is 0.315 e. The van der Waals surface area contributed by atoms with E-state index in [0.29, 0.717) is 24.8 Å². The van der Waals surface area contributed by atoms with E-state index >= 15 is 0 Å². The molecule has 2 rings (SSSR count). The molecule has 2 heterocycles. The molecule has 7 heteroatoms. The first-order chi connectivity index (χ1) is 9.20. The van der Waals surface area contributed by atoms with Crippen LogP contribution in [0.2, 0.25) is 0 Å². The largest absolute Gasteiger partial charge is 0.355 e. The van der Waals surface area contributed by atoms with Crippen molar-refractivity contribution >= 4 is 23.7 Å². The summed E-state index contributed by atoms with van der Waals surface area (Å²) in [6.07, 6.45) is 3.53. The quantitative estimate of drug-likeness (QED) is 0.384. The predicted molar refractivity (Wildman–Crippen MR) is 76.0 cm³/mol. The summed E-state index contributed by atoms with van der Waals surface area (Å²) in [7, 11) is 0. The fourth-order valence-corrected chi connectivity index (χ4v) is 4.12. The Morgan fingerprint density at radius 1 is 1.42 bits per heavy atom. The second-order valence-corrected chi connectivity index (χ2v) is 6.28. The summed E-state index contributed by atoms with van der Waals surface area (Å²) in [5.41, 5.74) is 5.32. The molecule has 0 spiro atoms. The lowest BCUT2D eigenvalue weighted by molar-refractivity contribution is -0.121. The van der Waals surface area contributed by atoms with Crippen LogP contribution in [0.3, 0.4) is 0 Å². The maximum Gasteiger partial charge on any atom is 0.315 e. The first-order valence-electron chi connectivity index (χ1n) is 6.86. The maximum absolute atomic E-state index is 11.4. The summed E-state index contributed by atoms with van der Waals surface area (Å²) >= 11 is 1.91. The summed E-state index contributed by atoms with van der Waals surface area (Å²) in [6.45, 7) is 1.04. The van der Waals surface area contributed by atoms with Gasteiger partial charge < -0.3 is 21.7 Å². The highest BCUT2D eigenvalue weighted by atomic mass is 32.2. The number of nitrogens with two attached hydrogens (primary N) is 1. The van der Waals surface area contributed by atoms with E-state index < -0.39 is 0 Å². The van der Waals surface area contributed by atoms with Crippen LogP contribution in [-0.2, 0) is 4.79 Å². The highest BCUT2D eigenvalue weighted by Gasteiger charge is 2.42. The van der Waals surface area contributed by atoms with Crippen molar-refractivity contribution < 1.29 is 9.59 Å². The molecule has 0 radical (unpaired) electrons. The lowest BCUT2D eigenvalue weighted by Crippen LogP contribution is -2.36. The number of hydrogen-bond acceptors (Lipinski definition) is 4. The van der Waals surface area contributed by atoms with Gasteiger partial charge in [-0.2, -0.15) is 11.8 Å². The zero-order valence-corrected chi connectivity index (χ0v) is 11.8. The van der Waals surface area contributed by atoms with Gasteiger partial charge in [-0.1, -0.05) is 6.42 Å². The Morgan fingerprint density at radius 2 is 2.26 bits per heavy atom. The van der Waals surface area contributed by atoms with Crippen molar-refractivity contribution in [3.05, 3.63) is 0 Å². The van der Waals surface area contributed by atoms with Crippen molar-refractivity contribution in [3.63, 3.8) is 0 Å². The molecule has 19 heavy (non-hydrogen) atoms. The second kappa shape index (κ2) is 7.00. The maximum atomic E-state index is 11.4. The molecule has 2 unspecified atom stereocenters. The molecule has 3 atom stereocenters. The van der Waals surface area contributed by atoms with Crippen molar-refractivity contribution in [1.29, 1.82) is 0 Å². The summed E-state index contributed by atoms with van der Waals surface area (Å²) in [5.74, 6) is 1.07. The first kappa shape index (κ1) is 14.5. The van der Waals surface area contributed by atoms with Crippen molar-refractivity contribution in [2.45, 2.75) is 43.0 Å². The van der Waals surface area contributed by atoms with E-state index in [-0.39, 0.29) is 24.0 Å². The minimum atomic E-state index is -0.0403. The zero-order valence-electron chi connectivity index (χ0n) is 11.0. The molecule has 0 bridgehead atoms. The number of urea groups is 1. The van der Waals surface area contributed by atoms with Crippen LogP contribution in [0.15, 0.2) is 0 Å². The van der Waals surface area contributed by atoms with Gasteiger partial charge in [0, 0.05) is 30.5 Å². The SMILES string of the molecule is NCCNC(=O)CCCC[C@@H]1SCC2NC(=O)NC21. The van der Waals surface area contributed by atoms with E-state index in [2.05, 4.69) is 16.0 Å². The number of carbonyl (C=O) groups is 2. The van der Waals surface area contributed by atoms with Crippen LogP contribution >= 0.6 is 11.8 Å². The van der Waals surface area contributed by atoms with Crippen molar-refractivity contribution in [2.75, 3.05) is 18.8 Å². The van der Waals surface area contributed by atoms with Crippen LogP contribution in [0.1, 0.15) is 25.7 Å². The molecule has 0 aromatic heterocycles. The minimum Gasteiger partial charge on any atom is -0.355 e. The van der Waals surface area contributed by atoms with Gasteiger partial charge in [0.15, 0.2) is 0 Å². The first-order valence-corrected chi connectivity index (χ1v) is 7.91. The number of unbranched alkanes of at least 4 members (excludes halogenated alkanes) is 1. The number of nitrogens with one attached hydrogen (secondary N) is 3. The molecular formula is C12H22N4O2S. The van der Waals surface area contributed by atoms with Gasteiger partial charge in [-0.3, -0.25) is 4.79 Å². The minimum absolute atomic E-state index is 0.0403. The fraction of sp³-hybridized carbons (Fsp3) is 0.833. The van der Waals surface area contributed by atoms with Crippen LogP contribution in [-0.4, -0.2) is 48.1 Å². The van der Waals surface area contributed by atoms with Crippen LogP contribution in [0.4, 0.5) is 4.79 Å². The molecule has 6 nitrogen and oxygen atoms in total. The molecule has 2 aliphatic heterocycles. The van der Waals surface area contributed by atoms with E-state index in [1.54, 1.807) is 0 Å². The molecule has 3 amide bonds. The summed E-state index contributed by atoms with van der Waals surface area (Å²) in [4.78, 5) is 22.6. The van der Waals surface area contributed by atoms with Crippen LogP contribution < -0.4 is 21.7 Å². The van der Waals surface area contributed by atoms with Crippen LogP contribution in [0, 0.1) is 0 Å². The average molecular weight is 286 g/mol. The van der Waals surface area contributed by atoms with Gasteiger partial charge in [0.1, 0.15) is 0 Å². The van der Waals surface area contributed by atoms with Crippen molar-refractivity contribution in [2.24, 2.45) is 5.73 Å². The molecular weight excluding hydrogens is 264 g/mol. The molecule has 0 aromatic carbocycles. The Kier molecular flexibility index (Phi) is 5.33. The molecule has 5 N–H and O–H groups in total. The Labute approximate surface area is 117 Å². The molecule has 2 fully saturated rings. The van der Waals surface area contributed by atoms with Gasteiger partial charge in [0.05, 0.1) is 12.1 Å². The van der Waals surface area contributed by atoms with Gasteiger partial charge in [-0.05, 0) is 12.8 Å². The normalized spacial score (nSPS) is 28.7. The highest BCUT2D eigenvalue weighted by Crippen LogP contribution is 2.33. The Bertz CT molecular complexity index is 340. The van der Waals surface area contributed by atoms with E-state index in [1.165, 1.54) is 0 Å². The summed E-state index contributed by atoms with van der Waals surface area (Å²) < 4.78 is 0. The lowest BCUT2D eigenvalue weighted by Gasteiger charge is -2.16. The Balaban J connectivity index is 1.59. The lowest BCUT2D eigenvalue weighted by atomic mass is 10.0. The summed E-state index contributed by atoms with van der Waals surface area (Å²) in [6, 6.07) is 0.514. The Morgan fingerprint density at radius 3 is 3.05 bits per heavy atom.